The number of benzene rings is 4. The molecular weight excluding hydrogens is 443 g/mol. The first-order valence-electron chi connectivity index (χ1n) is 10.2. The monoisotopic (exact) mass is 468 g/mol. The van der Waals surface area contributed by atoms with E-state index in [1.807, 2.05) is 19.9 Å². The molecule has 166 valence electrons. The summed E-state index contributed by atoms with van der Waals surface area (Å²) in [5, 5.41) is 16.0. The van der Waals surface area contributed by atoms with E-state index in [1.165, 1.54) is 11.1 Å². The standard InChI is InChI=1S/C14H16ClN.C12H10ClNO2/c1-7-5-6-11-12(8(7)2)13(15)9(3)10(4)14(11)16;1-7-8(2)12(14(15)16)10-6-4-3-5-9(10)11(7)13/h5-6H,16H2,1-4H3;3-6H,1-2H3. The molecule has 6 heteroatoms. The van der Waals surface area contributed by atoms with Gasteiger partial charge in [0.1, 0.15) is 0 Å². The fourth-order valence-electron chi connectivity index (χ4n) is 3.94. The third-order valence-corrected chi connectivity index (χ3v) is 7.35. The van der Waals surface area contributed by atoms with Gasteiger partial charge in [0.15, 0.2) is 0 Å². The van der Waals surface area contributed by atoms with Crippen molar-refractivity contribution in [3.63, 3.8) is 0 Å². The van der Waals surface area contributed by atoms with Crippen LogP contribution < -0.4 is 5.73 Å². The molecular formula is C26H26Cl2N2O2. The zero-order valence-corrected chi connectivity index (χ0v) is 20.6. The summed E-state index contributed by atoms with van der Waals surface area (Å²) >= 11 is 12.6. The molecule has 4 aromatic rings. The van der Waals surface area contributed by atoms with Crippen LogP contribution in [0.25, 0.3) is 21.5 Å². The average Bonchev–Trinajstić information content (AvgIpc) is 2.77. The van der Waals surface area contributed by atoms with Crippen LogP contribution >= 0.6 is 23.2 Å². The van der Waals surface area contributed by atoms with E-state index >= 15 is 0 Å². The van der Waals surface area contributed by atoms with Gasteiger partial charge in [-0.15, -0.1) is 0 Å². The van der Waals surface area contributed by atoms with Gasteiger partial charge in [0, 0.05) is 27.4 Å². The number of halogens is 2. The maximum absolute atomic E-state index is 11.1. The van der Waals surface area contributed by atoms with Gasteiger partial charge in [0.05, 0.1) is 20.4 Å². The Hall–Kier alpha value is -2.82. The molecule has 0 bridgehead atoms. The summed E-state index contributed by atoms with van der Waals surface area (Å²) < 4.78 is 0. The van der Waals surface area contributed by atoms with Crippen molar-refractivity contribution in [2.75, 3.05) is 5.73 Å². The highest BCUT2D eigenvalue weighted by Crippen LogP contribution is 2.38. The highest BCUT2D eigenvalue weighted by atomic mass is 35.5. The minimum absolute atomic E-state index is 0.150. The second-order valence-electron chi connectivity index (χ2n) is 8.12. The summed E-state index contributed by atoms with van der Waals surface area (Å²) in [7, 11) is 0. The van der Waals surface area contributed by atoms with E-state index in [0.29, 0.717) is 16.0 Å². The van der Waals surface area contributed by atoms with E-state index in [2.05, 4.69) is 26.0 Å². The first-order valence-corrected chi connectivity index (χ1v) is 11.0. The van der Waals surface area contributed by atoms with Gasteiger partial charge in [-0.25, -0.2) is 0 Å². The fraction of sp³-hybridized carbons (Fsp3) is 0.231. The van der Waals surface area contributed by atoms with Gasteiger partial charge in [-0.2, -0.15) is 0 Å². The lowest BCUT2D eigenvalue weighted by Crippen LogP contribution is -1.97. The maximum atomic E-state index is 11.1. The number of anilines is 1. The van der Waals surface area contributed by atoms with Crippen LogP contribution in [0.1, 0.15) is 33.4 Å². The maximum Gasteiger partial charge on any atom is 0.280 e. The third-order valence-electron chi connectivity index (χ3n) is 6.39. The molecule has 0 amide bonds. The smallest absolute Gasteiger partial charge is 0.280 e. The molecule has 0 radical (unpaired) electrons. The van der Waals surface area contributed by atoms with Gasteiger partial charge in [-0.05, 0) is 75.4 Å². The molecule has 0 aliphatic carbocycles. The molecule has 0 aliphatic heterocycles. The lowest BCUT2D eigenvalue weighted by Gasteiger charge is -2.15. The lowest BCUT2D eigenvalue weighted by molar-refractivity contribution is -0.383. The number of nitrogens with zero attached hydrogens (tertiary/aromatic N) is 1. The number of hydrogen-bond acceptors (Lipinski definition) is 3. The van der Waals surface area contributed by atoms with E-state index in [9.17, 15) is 10.1 Å². The van der Waals surface area contributed by atoms with Crippen molar-refractivity contribution in [3.05, 3.63) is 89.9 Å². The number of fused-ring (bicyclic) bond motifs is 2. The van der Waals surface area contributed by atoms with E-state index in [0.717, 1.165) is 43.6 Å². The van der Waals surface area contributed by atoms with Crippen molar-refractivity contribution >= 4 is 56.1 Å². The van der Waals surface area contributed by atoms with Crippen LogP contribution in [0, 0.1) is 51.7 Å². The number of aryl methyl sites for hydroxylation is 2. The second-order valence-corrected chi connectivity index (χ2v) is 8.88. The molecule has 0 heterocycles. The lowest BCUT2D eigenvalue weighted by atomic mass is 9.95. The average molecular weight is 469 g/mol. The number of hydrogen-bond donors (Lipinski definition) is 1. The van der Waals surface area contributed by atoms with Crippen LogP contribution in [0.4, 0.5) is 11.4 Å². The third kappa shape index (κ3) is 3.89. The summed E-state index contributed by atoms with van der Waals surface area (Å²) in [4.78, 5) is 10.7. The van der Waals surface area contributed by atoms with Crippen molar-refractivity contribution in [1.29, 1.82) is 0 Å². The topological polar surface area (TPSA) is 69.2 Å². The zero-order chi connectivity index (χ0) is 23.9. The first-order chi connectivity index (χ1) is 15.0. The summed E-state index contributed by atoms with van der Waals surface area (Å²) in [5.41, 5.74) is 13.2. The Morgan fingerprint density at radius 3 is 1.88 bits per heavy atom. The molecule has 0 unspecified atom stereocenters. The van der Waals surface area contributed by atoms with Gasteiger partial charge in [0.2, 0.25) is 0 Å². The van der Waals surface area contributed by atoms with Gasteiger partial charge in [-0.3, -0.25) is 10.1 Å². The van der Waals surface area contributed by atoms with Crippen LogP contribution in [0.2, 0.25) is 10.0 Å². The highest BCUT2D eigenvalue weighted by molar-refractivity contribution is 6.37. The van der Waals surface area contributed by atoms with Gasteiger partial charge in [0.25, 0.3) is 5.69 Å². The van der Waals surface area contributed by atoms with Crippen molar-refractivity contribution in [3.8, 4) is 0 Å². The Kier molecular flexibility index (Phi) is 6.68. The Labute approximate surface area is 198 Å². The molecule has 0 aromatic heterocycles. The molecule has 0 atom stereocenters. The molecule has 4 aromatic carbocycles. The molecule has 32 heavy (non-hydrogen) atoms. The highest BCUT2D eigenvalue weighted by Gasteiger charge is 2.20. The van der Waals surface area contributed by atoms with Crippen molar-refractivity contribution in [2.45, 2.75) is 41.5 Å². The normalized spacial score (nSPS) is 10.9. The van der Waals surface area contributed by atoms with Crippen molar-refractivity contribution in [2.24, 2.45) is 0 Å². The van der Waals surface area contributed by atoms with Gasteiger partial charge in [-0.1, -0.05) is 53.5 Å². The number of nitrogen functional groups attached to an aromatic ring is 1. The van der Waals surface area contributed by atoms with E-state index < -0.39 is 0 Å². The Balaban J connectivity index is 0.000000181. The van der Waals surface area contributed by atoms with E-state index in [4.69, 9.17) is 28.9 Å². The second kappa shape index (κ2) is 8.97. The van der Waals surface area contributed by atoms with Crippen LogP contribution in [0.5, 0.6) is 0 Å². The molecule has 4 rings (SSSR count). The first kappa shape index (κ1) is 23.8. The summed E-state index contributed by atoms with van der Waals surface area (Å²) in [5.74, 6) is 0. The molecule has 0 fully saturated rings. The predicted octanol–water partition coefficient (Wildman–Crippen LogP) is 8.33. The zero-order valence-electron chi connectivity index (χ0n) is 19.1. The Bertz CT molecular complexity index is 1390. The predicted molar refractivity (Wildman–Crippen MR) is 137 cm³/mol. The SMILES string of the molecule is Cc1c(C)c([N+](=O)[O-])c2ccccc2c1Cl.Cc1ccc2c(N)c(C)c(C)c(Cl)c2c1C. The minimum Gasteiger partial charge on any atom is -0.398 e. The van der Waals surface area contributed by atoms with Crippen LogP contribution in [-0.2, 0) is 0 Å². The molecule has 4 nitrogen and oxygen atoms in total. The minimum atomic E-state index is -0.346. The van der Waals surface area contributed by atoms with E-state index in [-0.39, 0.29) is 10.6 Å². The van der Waals surface area contributed by atoms with Crippen LogP contribution in [0.15, 0.2) is 36.4 Å². The van der Waals surface area contributed by atoms with Gasteiger partial charge < -0.3 is 5.73 Å². The van der Waals surface area contributed by atoms with Gasteiger partial charge >= 0.3 is 0 Å². The molecule has 0 saturated carbocycles. The molecule has 2 N–H and O–H groups in total. The Morgan fingerprint density at radius 1 is 0.719 bits per heavy atom. The number of nitrogens with two attached hydrogens (primary N) is 1. The molecule has 0 aliphatic rings. The largest absolute Gasteiger partial charge is 0.398 e. The summed E-state index contributed by atoms with van der Waals surface area (Å²) in [6, 6.07) is 11.3. The summed E-state index contributed by atoms with van der Waals surface area (Å²) in [6.07, 6.45) is 0. The quantitative estimate of drug-likeness (QED) is 0.173. The molecule has 0 saturated heterocycles. The number of rotatable bonds is 1. The van der Waals surface area contributed by atoms with Crippen molar-refractivity contribution in [1.82, 2.24) is 0 Å². The number of nitro groups is 1. The Morgan fingerprint density at radius 2 is 1.28 bits per heavy atom. The van der Waals surface area contributed by atoms with Crippen molar-refractivity contribution < 1.29 is 4.92 Å². The van der Waals surface area contributed by atoms with Crippen LogP contribution in [-0.4, -0.2) is 4.92 Å². The fourth-order valence-corrected chi connectivity index (χ4v) is 4.63. The summed E-state index contributed by atoms with van der Waals surface area (Å²) in [6.45, 7) is 11.8. The molecule has 0 spiro atoms. The van der Waals surface area contributed by atoms with Crippen LogP contribution in [0.3, 0.4) is 0 Å². The number of nitro benzene ring substituents is 1. The van der Waals surface area contributed by atoms with E-state index in [1.54, 1.807) is 32.0 Å².